The molecule has 0 bridgehead atoms. The molecule has 118 valence electrons. The number of hydrogen-bond donors (Lipinski definition) is 2. The zero-order chi connectivity index (χ0) is 15.5. The monoisotopic (exact) mass is 331 g/mol. The van der Waals surface area contributed by atoms with E-state index in [2.05, 4.69) is 9.62 Å². The van der Waals surface area contributed by atoms with Crippen LogP contribution in [0.3, 0.4) is 0 Å². The highest BCUT2D eigenvalue weighted by molar-refractivity contribution is 7.89. The number of halogens is 1. The molecule has 1 unspecified atom stereocenters. The standard InChI is InChI=1S/C14H22ClN3O2S/c1-11(10-18-6-2-3-7-18)17-21(19,20)13-5-4-12(9-16)14(15)8-13/h4-5,8,11,17H,2-3,6-7,9-10,16H2,1H3. The number of sulfonamides is 1. The van der Waals surface area contributed by atoms with E-state index in [0.717, 1.165) is 25.2 Å². The maximum atomic E-state index is 12.3. The molecule has 0 amide bonds. The Morgan fingerprint density at radius 1 is 1.38 bits per heavy atom. The zero-order valence-corrected chi connectivity index (χ0v) is 13.8. The number of nitrogens with one attached hydrogen (secondary N) is 1. The Morgan fingerprint density at radius 3 is 2.62 bits per heavy atom. The van der Waals surface area contributed by atoms with E-state index in [9.17, 15) is 8.42 Å². The Morgan fingerprint density at radius 2 is 2.05 bits per heavy atom. The van der Waals surface area contributed by atoms with E-state index in [-0.39, 0.29) is 17.5 Å². The lowest BCUT2D eigenvalue weighted by Crippen LogP contribution is -2.41. The second-order valence-corrected chi connectivity index (χ2v) is 7.61. The van der Waals surface area contributed by atoms with Crippen LogP contribution in [0.2, 0.25) is 5.02 Å². The maximum absolute atomic E-state index is 12.3. The van der Waals surface area contributed by atoms with Crippen molar-refractivity contribution in [1.82, 2.24) is 9.62 Å². The van der Waals surface area contributed by atoms with Crippen LogP contribution >= 0.6 is 11.6 Å². The summed E-state index contributed by atoms with van der Waals surface area (Å²) >= 11 is 6.03. The number of nitrogens with two attached hydrogens (primary N) is 1. The van der Waals surface area contributed by atoms with Crippen molar-refractivity contribution in [3.05, 3.63) is 28.8 Å². The average Bonchev–Trinajstić information content (AvgIpc) is 2.90. The van der Waals surface area contributed by atoms with Gasteiger partial charge in [-0.05, 0) is 50.6 Å². The second kappa shape index (κ2) is 7.07. The Kier molecular flexibility index (Phi) is 5.62. The Balaban J connectivity index is 2.05. The lowest BCUT2D eigenvalue weighted by molar-refractivity contribution is 0.313. The second-order valence-electron chi connectivity index (χ2n) is 5.49. The van der Waals surface area contributed by atoms with Crippen LogP contribution in [0.5, 0.6) is 0 Å². The van der Waals surface area contributed by atoms with Crippen molar-refractivity contribution in [3.63, 3.8) is 0 Å². The summed E-state index contributed by atoms with van der Waals surface area (Å²) in [5, 5.41) is 0.382. The van der Waals surface area contributed by atoms with Crippen LogP contribution in [0, 0.1) is 0 Å². The Bertz CT molecular complexity index is 586. The SMILES string of the molecule is CC(CN1CCCC1)NS(=O)(=O)c1ccc(CN)c(Cl)c1. The summed E-state index contributed by atoms with van der Waals surface area (Å²) in [5.41, 5.74) is 6.26. The van der Waals surface area contributed by atoms with E-state index in [0.29, 0.717) is 5.02 Å². The molecule has 21 heavy (non-hydrogen) atoms. The molecule has 1 heterocycles. The maximum Gasteiger partial charge on any atom is 0.240 e. The highest BCUT2D eigenvalue weighted by atomic mass is 35.5. The van der Waals surface area contributed by atoms with Crippen molar-refractivity contribution in [2.45, 2.75) is 37.2 Å². The molecule has 5 nitrogen and oxygen atoms in total. The minimum atomic E-state index is -3.55. The third kappa shape index (κ3) is 4.40. The van der Waals surface area contributed by atoms with Gasteiger partial charge in [0.15, 0.2) is 0 Å². The summed E-state index contributed by atoms with van der Waals surface area (Å²) in [6.07, 6.45) is 2.38. The van der Waals surface area contributed by atoms with Gasteiger partial charge in [-0.1, -0.05) is 17.7 Å². The largest absolute Gasteiger partial charge is 0.326 e. The van der Waals surface area contributed by atoms with Crippen molar-refractivity contribution in [2.75, 3.05) is 19.6 Å². The molecule has 1 aromatic rings. The lowest BCUT2D eigenvalue weighted by atomic mass is 10.2. The third-order valence-corrected chi connectivity index (χ3v) is 5.58. The lowest BCUT2D eigenvalue weighted by Gasteiger charge is -2.21. The van der Waals surface area contributed by atoms with Crippen LogP contribution in [-0.4, -0.2) is 39.0 Å². The van der Waals surface area contributed by atoms with Crippen LogP contribution in [0.4, 0.5) is 0 Å². The van der Waals surface area contributed by atoms with Crippen LogP contribution in [-0.2, 0) is 16.6 Å². The minimum absolute atomic E-state index is 0.138. The van der Waals surface area contributed by atoms with E-state index < -0.39 is 10.0 Å². The van der Waals surface area contributed by atoms with Gasteiger partial charge in [0.2, 0.25) is 10.0 Å². The summed E-state index contributed by atoms with van der Waals surface area (Å²) in [6.45, 7) is 4.99. The summed E-state index contributed by atoms with van der Waals surface area (Å²) in [5.74, 6) is 0. The van der Waals surface area contributed by atoms with Gasteiger partial charge in [0.25, 0.3) is 0 Å². The highest BCUT2D eigenvalue weighted by Crippen LogP contribution is 2.20. The molecular weight excluding hydrogens is 310 g/mol. The first-order valence-electron chi connectivity index (χ1n) is 7.15. The number of rotatable bonds is 6. The molecular formula is C14H22ClN3O2S. The van der Waals surface area contributed by atoms with Crippen LogP contribution in [0.1, 0.15) is 25.3 Å². The van der Waals surface area contributed by atoms with Crippen molar-refractivity contribution in [1.29, 1.82) is 0 Å². The van der Waals surface area contributed by atoms with Gasteiger partial charge in [0, 0.05) is 24.2 Å². The first-order valence-corrected chi connectivity index (χ1v) is 9.01. The van der Waals surface area contributed by atoms with Gasteiger partial charge in [0.05, 0.1) is 4.90 Å². The molecule has 0 radical (unpaired) electrons. The van der Waals surface area contributed by atoms with Crippen LogP contribution < -0.4 is 10.5 Å². The predicted molar refractivity (Wildman–Crippen MR) is 84.8 cm³/mol. The van der Waals surface area contributed by atoms with Crippen LogP contribution in [0.15, 0.2) is 23.1 Å². The molecule has 1 fully saturated rings. The molecule has 7 heteroatoms. The average molecular weight is 332 g/mol. The van der Waals surface area contributed by atoms with E-state index in [4.69, 9.17) is 17.3 Å². The molecule has 1 aromatic carbocycles. The fraction of sp³-hybridized carbons (Fsp3) is 0.571. The third-order valence-electron chi connectivity index (χ3n) is 3.64. The van der Waals surface area contributed by atoms with Crippen molar-refractivity contribution >= 4 is 21.6 Å². The molecule has 3 N–H and O–H groups in total. The normalized spacial score (nSPS) is 18.0. The molecule has 0 aromatic heterocycles. The molecule has 1 aliphatic heterocycles. The number of benzene rings is 1. The smallest absolute Gasteiger partial charge is 0.240 e. The van der Waals surface area contributed by atoms with E-state index >= 15 is 0 Å². The topological polar surface area (TPSA) is 75.4 Å². The van der Waals surface area contributed by atoms with Crippen molar-refractivity contribution in [2.24, 2.45) is 5.73 Å². The summed E-state index contributed by atoms with van der Waals surface area (Å²) < 4.78 is 27.4. The van der Waals surface area contributed by atoms with E-state index in [1.807, 2.05) is 6.92 Å². The number of hydrogen-bond acceptors (Lipinski definition) is 4. The summed E-state index contributed by atoms with van der Waals surface area (Å²) in [4.78, 5) is 2.45. The predicted octanol–water partition coefficient (Wildman–Crippen LogP) is 1.56. The minimum Gasteiger partial charge on any atom is -0.326 e. The molecule has 0 aliphatic carbocycles. The fourth-order valence-electron chi connectivity index (χ4n) is 2.58. The highest BCUT2D eigenvalue weighted by Gasteiger charge is 2.21. The molecule has 1 aliphatic rings. The van der Waals surface area contributed by atoms with E-state index in [1.165, 1.54) is 18.9 Å². The van der Waals surface area contributed by atoms with Gasteiger partial charge in [0.1, 0.15) is 0 Å². The number of likely N-dealkylation sites (tertiary alicyclic amines) is 1. The first-order chi connectivity index (χ1) is 9.92. The zero-order valence-electron chi connectivity index (χ0n) is 12.2. The van der Waals surface area contributed by atoms with Crippen molar-refractivity contribution < 1.29 is 8.42 Å². The molecule has 0 saturated carbocycles. The molecule has 1 saturated heterocycles. The van der Waals surface area contributed by atoms with Gasteiger partial charge >= 0.3 is 0 Å². The summed E-state index contributed by atoms with van der Waals surface area (Å²) in [7, 11) is -3.55. The molecule has 1 atom stereocenters. The first kappa shape index (κ1) is 16.7. The number of nitrogens with zero attached hydrogens (tertiary/aromatic N) is 1. The van der Waals surface area contributed by atoms with Gasteiger partial charge in [-0.3, -0.25) is 0 Å². The Labute approximate surface area is 131 Å². The molecule has 0 spiro atoms. The summed E-state index contributed by atoms with van der Waals surface area (Å²) in [6, 6.07) is 4.51. The van der Waals surface area contributed by atoms with Gasteiger partial charge in [-0.25, -0.2) is 13.1 Å². The van der Waals surface area contributed by atoms with E-state index in [1.54, 1.807) is 12.1 Å². The van der Waals surface area contributed by atoms with Gasteiger partial charge in [-0.2, -0.15) is 0 Å². The van der Waals surface area contributed by atoms with Gasteiger partial charge < -0.3 is 10.6 Å². The molecule has 2 rings (SSSR count). The quantitative estimate of drug-likeness (QED) is 0.829. The fourth-order valence-corrected chi connectivity index (χ4v) is 4.17. The Hall–Kier alpha value is -0.660. The van der Waals surface area contributed by atoms with Crippen molar-refractivity contribution in [3.8, 4) is 0 Å². The van der Waals surface area contributed by atoms with Crippen LogP contribution in [0.25, 0.3) is 0 Å². The van der Waals surface area contributed by atoms with Gasteiger partial charge in [-0.15, -0.1) is 0 Å².